The quantitative estimate of drug-likeness (QED) is 0.133. The maximum atomic E-state index is 12.8. The summed E-state index contributed by atoms with van der Waals surface area (Å²) < 4.78 is 9.59. The number of benzene rings is 9. The first-order valence-electron chi connectivity index (χ1n) is 25.4. The summed E-state index contributed by atoms with van der Waals surface area (Å²) in [5, 5.41) is 19.2. The number of pyridine rings is 1. The van der Waals surface area contributed by atoms with Crippen LogP contribution in [0.3, 0.4) is 0 Å². The standard InChI is InChI=1S/C68H58N3O2.Pt/c1-66(2,3)45-31-32-58(52(38-45)42-23-14-11-15-24-42)71-59-30-20-29-50(61(59)70-65(71)55-39-46(67(4,5)6)40-56(62(55)72)68(7,8)9)53-35-44(57-37-43(33-34-69-57)41-21-12-10-13-22-41)36-54-60-49-27-18-16-25-47(49)48-26-17-19-28-51(48)64(60)73-63(53)54;/h10-34,36-40,72H,1-9H3;/q-1;. The van der Waals surface area contributed by atoms with Gasteiger partial charge in [-0.05, 0) is 95.9 Å². The molecule has 368 valence electrons. The fraction of sp³-hybridized carbons (Fsp3) is 0.176. The van der Waals surface area contributed by atoms with E-state index in [9.17, 15) is 5.11 Å². The fourth-order valence-corrected chi connectivity index (χ4v) is 10.7. The molecule has 3 heterocycles. The second kappa shape index (κ2) is 18.1. The second-order valence-electron chi connectivity index (χ2n) is 22.7. The summed E-state index contributed by atoms with van der Waals surface area (Å²) in [6, 6.07) is 66.1. The normalized spacial score (nSPS) is 12.3. The van der Waals surface area contributed by atoms with Crippen LogP contribution in [0.15, 0.2) is 187 Å². The molecule has 0 amide bonds. The second-order valence-corrected chi connectivity index (χ2v) is 22.7. The van der Waals surface area contributed by atoms with Gasteiger partial charge in [-0.15, -0.1) is 12.1 Å². The number of para-hydroxylation sites is 1. The first-order chi connectivity index (χ1) is 35.0. The zero-order chi connectivity index (χ0) is 50.6. The zero-order valence-electron chi connectivity index (χ0n) is 43.3. The van der Waals surface area contributed by atoms with Crippen LogP contribution in [-0.2, 0) is 37.3 Å². The van der Waals surface area contributed by atoms with Gasteiger partial charge in [0.2, 0.25) is 0 Å². The third-order valence-electron chi connectivity index (χ3n) is 14.7. The van der Waals surface area contributed by atoms with E-state index in [1.54, 1.807) is 0 Å². The molecule has 0 saturated carbocycles. The van der Waals surface area contributed by atoms with Crippen molar-refractivity contribution in [1.82, 2.24) is 14.5 Å². The number of rotatable bonds is 6. The van der Waals surface area contributed by atoms with Gasteiger partial charge in [-0.1, -0.05) is 219 Å². The molecule has 12 aromatic rings. The number of fused-ring (bicyclic) bond motifs is 9. The van der Waals surface area contributed by atoms with Crippen molar-refractivity contribution in [3.8, 4) is 67.5 Å². The van der Waals surface area contributed by atoms with Gasteiger partial charge in [0, 0.05) is 54.9 Å². The number of hydrogen-bond donors (Lipinski definition) is 1. The van der Waals surface area contributed by atoms with E-state index >= 15 is 0 Å². The monoisotopic (exact) mass is 1140 g/mol. The Kier molecular flexibility index (Phi) is 11.9. The van der Waals surface area contributed by atoms with Crippen LogP contribution in [0.4, 0.5) is 0 Å². The summed E-state index contributed by atoms with van der Waals surface area (Å²) in [4.78, 5) is 10.8. The topological polar surface area (TPSA) is 64.1 Å². The van der Waals surface area contributed by atoms with E-state index in [1.807, 2.05) is 12.3 Å². The number of imidazole rings is 1. The molecular formula is C68H58N3O2Pt-. The van der Waals surface area contributed by atoms with Gasteiger partial charge < -0.3 is 9.52 Å². The van der Waals surface area contributed by atoms with Crippen molar-refractivity contribution >= 4 is 54.5 Å². The number of furan rings is 1. The molecule has 5 nitrogen and oxygen atoms in total. The van der Waals surface area contributed by atoms with Crippen molar-refractivity contribution < 1.29 is 30.6 Å². The Labute approximate surface area is 447 Å². The number of phenolic OH excluding ortho intramolecular Hbond substituents is 1. The number of aromatic nitrogens is 3. The minimum atomic E-state index is -0.367. The Morgan fingerprint density at radius 2 is 1.12 bits per heavy atom. The third-order valence-corrected chi connectivity index (χ3v) is 14.7. The molecule has 74 heavy (non-hydrogen) atoms. The van der Waals surface area contributed by atoms with Gasteiger partial charge in [0.25, 0.3) is 0 Å². The maximum Gasteiger partial charge on any atom is 0.148 e. The van der Waals surface area contributed by atoms with Crippen LogP contribution in [0, 0.1) is 6.07 Å². The minimum absolute atomic E-state index is 0. The summed E-state index contributed by atoms with van der Waals surface area (Å²) in [6.45, 7) is 20.0. The molecule has 0 spiro atoms. The van der Waals surface area contributed by atoms with Gasteiger partial charge >= 0.3 is 0 Å². The predicted molar refractivity (Wildman–Crippen MR) is 305 cm³/mol. The molecule has 1 N–H and O–H groups in total. The summed E-state index contributed by atoms with van der Waals surface area (Å²) in [7, 11) is 0. The van der Waals surface area contributed by atoms with Gasteiger partial charge in [-0.25, -0.2) is 4.98 Å². The third kappa shape index (κ3) is 8.23. The van der Waals surface area contributed by atoms with Gasteiger partial charge in [0.15, 0.2) is 0 Å². The first kappa shape index (κ1) is 48.7. The van der Waals surface area contributed by atoms with Gasteiger partial charge in [-0.2, -0.15) is 0 Å². The molecule has 12 rings (SSSR count). The van der Waals surface area contributed by atoms with Crippen molar-refractivity contribution in [2.75, 3.05) is 0 Å². The minimum Gasteiger partial charge on any atom is -0.507 e. The van der Waals surface area contributed by atoms with Gasteiger partial charge in [0.05, 0.1) is 27.9 Å². The van der Waals surface area contributed by atoms with Crippen LogP contribution in [0.2, 0.25) is 0 Å². The average molecular weight is 1140 g/mol. The molecular weight excluding hydrogens is 1090 g/mol. The number of aromatic hydroxyl groups is 1. The van der Waals surface area contributed by atoms with Gasteiger partial charge in [0.1, 0.15) is 17.2 Å². The van der Waals surface area contributed by atoms with E-state index in [0.717, 1.165) is 116 Å². The molecule has 0 fully saturated rings. The number of nitrogens with zero attached hydrogens (tertiary/aromatic N) is 3. The van der Waals surface area contributed by atoms with Crippen LogP contribution in [0.25, 0.3) is 116 Å². The Balaban J connectivity index is 0.00000588. The Morgan fingerprint density at radius 1 is 0.500 bits per heavy atom. The molecule has 0 unspecified atom stereocenters. The van der Waals surface area contributed by atoms with E-state index in [-0.39, 0.29) is 43.1 Å². The summed E-state index contributed by atoms with van der Waals surface area (Å²) in [6.07, 6.45) is 1.89. The number of hydrogen-bond acceptors (Lipinski definition) is 4. The number of phenols is 1. The SMILES string of the molecule is CC(C)(C)c1ccc(-n2c(-c3cc(C(C)(C)C)cc(C(C)(C)C)c3O)nc3c(-c4[c-]c(-c5cc(-c6ccccc6)ccn5)cc5c4oc4c6ccccc6c6ccccc6c54)cccc32)c(-c2ccccc2)c1.[Pt]. The molecule has 9 aromatic carbocycles. The van der Waals surface area contributed by atoms with E-state index in [4.69, 9.17) is 14.4 Å². The molecule has 0 aliphatic carbocycles. The van der Waals surface area contributed by atoms with Crippen LogP contribution < -0.4 is 0 Å². The molecule has 0 atom stereocenters. The molecule has 0 aliphatic rings. The Hall–Kier alpha value is -7.59. The zero-order valence-corrected chi connectivity index (χ0v) is 45.6. The first-order valence-corrected chi connectivity index (χ1v) is 25.4. The van der Waals surface area contributed by atoms with Crippen LogP contribution in [-0.4, -0.2) is 19.6 Å². The van der Waals surface area contributed by atoms with Crippen molar-refractivity contribution in [2.24, 2.45) is 0 Å². The summed E-state index contributed by atoms with van der Waals surface area (Å²) in [5.41, 5.74) is 14.9. The summed E-state index contributed by atoms with van der Waals surface area (Å²) >= 11 is 0. The van der Waals surface area contributed by atoms with E-state index in [1.165, 1.54) is 5.56 Å². The maximum absolute atomic E-state index is 12.8. The molecule has 0 saturated heterocycles. The van der Waals surface area contributed by atoms with Crippen LogP contribution in [0.5, 0.6) is 5.75 Å². The molecule has 0 bridgehead atoms. The molecule has 6 heteroatoms. The molecule has 0 radical (unpaired) electrons. The smallest absolute Gasteiger partial charge is 0.148 e. The van der Waals surface area contributed by atoms with E-state index < -0.39 is 0 Å². The Bertz CT molecular complexity index is 4150. The van der Waals surface area contributed by atoms with Crippen molar-refractivity contribution in [1.29, 1.82) is 0 Å². The van der Waals surface area contributed by atoms with Crippen molar-refractivity contribution in [2.45, 2.75) is 78.6 Å². The van der Waals surface area contributed by atoms with E-state index in [2.05, 4.69) is 243 Å². The summed E-state index contributed by atoms with van der Waals surface area (Å²) in [5.74, 6) is 0.867. The van der Waals surface area contributed by atoms with Crippen LogP contribution in [0.1, 0.15) is 79.0 Å². The molecule has 3 aromatic heterocycles. The largest absolute Gasteiger partial charge is 0.507 e. The van der Waals surface area contributed by atoms with Gasteiger partial charge in [-0.3, -0.25) is 9.55 Å². The van der Waals surface area contributed by atoms with Crippen LogP contribution >= 0.6 is 0 Å². The van der Waals surface area contributed by atoms with Crippen molar-refractivity contribution in [3.05, 3.63) is 205 Å². The van der Waals surface area contributed by atoms with Crippen molar-refractivity contribution in [3.63, 3.8) is 0 Å². The molecule has 0 aliphatic heterocycles. The van der Waals surface area contributed by atoms with E-state index in [0.29, 0.717) is 11.4 Å². The Morgan fingerprint density at radius 3 is 1.80 bits per heavy atom. The fourth-order valence-electron chi connectivity index (χ4n) is 10.7. The average Bonchev–Trinajstić information content (AvgIpc) is 3.98. The predicted octanol–water partition coefficient (Wildman–Crippen LogP) is 18.4.